The molecule has 28 heavy (non-hydrogen) atoms. The molecule has 6 nitrogen and oxygen atoms in total. The average molecular weight is 428 g/mol. The molecule has 0 atom stereocenters. The third kappa shape index (κ3) is 5.01. The molecule has 0 unspecified atom stereocenters. The molecule has 9 heteroatoms. The number of likely N-dealkylation sites (tertiary alicyclic amines) is 1. The fraction of sp³-hybridized carbons (Fsp3) is 0.316. The van der Waals surface area contributed by atoms with Crippen molar-refractivity contribution in [2.75, 3.05) is 17.8 Å². The zero-order valence-corrected chi connectivity index (χ0v) is 17.0. The van der Waals surface area contributed by atoms with E-state index in [1.54, 1.807) is 29.2 Å². The molecule has 1 fully saturated rings. The van der Waals surface area contributed by atoms with Gasteiger partial charge >= 0.3 is 0 Å². The molecule has 0 aromatic heterocycles. The second-order valence-corrected chi connectivity index (χ2v) is 8.37. The van der Waals surface area contributed by atoms with E-state index in [0.29, 0.717) is 29.9 Å². The van der Waals surface area contributed by atoms with Crippen LogP contribution < -0.4 is 10.5 Å². The highest BCUT2D eigenvalue weighted by Crippen LogP contribution is 2.21. The minimum atomic E-state index is -3.85. The van der Waals surface area contributed by atoms with Crippen LogP contribution in [-0.2, 0) is 10.0 Å². The normalized spacial score (nSPS) is 15.0. The van der Waals surface area contributed by atoms with Gasteiger partial charge in [-0.3, -0.25) is 9.52 Å². The van der Waals surface area contributed by atoms with Crippen LogP contribution in [0.2, 0.25) is 0 Å². The summed E-state index contributed by atoms with van der Waals surface area (Å²) < 4.78 is 40.7. The maximum Gasteiger partial charge on any atom is 0.262 e. The summed E-state index contributed by atoms with van der Waals surface area (Å²) in [5, 5.41) is 0. The zero-order valence-electron chi connectivity index (χ0n) is 15.4. The first-order valence-corrected chi connectivity index (χ1v) is 10.2. The number of rotatable bonds is 4. The summed E-state index contributed by atoms with van der Waals surface area (Å²) in [6, 6.07) is 9.90. The minimum Gasteiger partial charge on any atom is -0.339 e. The summed E-state index contributed by atoms with van der Waals surface area (Å²) in [5.41, 5.74) is 7.00. The van der Waals surface area contributed by atoms with E-state index in [-0.39, 0.29) is 29.3 Å². The number of anilines is 1. The van der Waals surface area contributed by atoms with Crippen LogP contribution in [0.15, 0.2) is 47.4 Å². The lowest BCUT2D eigenvalue weighted by molar-refractivity contribution is 0.0715. The summed E-state index contributed by atoms with van der Waals surface area (Å²) in [6.45, 7) is 2.78. The number of nitrogens with one attached hydrogen (secondary N) is 1. The number of nitrogens with zero attached hydrogens (tertiary/aromatic N) is 1. The second-order valence-electron chi connectivity index (χ2n) is 6.72. The summed E-state index contributed by atoms with van der Waals surface area (Å²) in [6.07, 6.45) is 1.56. The topological polar surface area (TPSA) is 92.5 Å². The fourth-order valence-corrected chi connectivity index (χ4v) is 4.38. The van der Waals surface area contributed by atoms with Gasteiger partial charge in [-0.2, -0.15) is 0 Å². The van der Waals surface area contributed by atoms with E-state index in [0.717, 1.165) is 18.9 Å². The van der Waals surface area contributed by atoms with Gasteiger partial charge in [0.2, 0.25) is 0 Å². The zero-order chi connectivity index (χ0) is 19.6. The summed E-state index contributed by atoms with van der Waals surface area (Å²) in [5.74, 6) is -0.585. The molecular formula is C19H23ClFN3O3S. The van der Waals surface area contributed by atoms with Gasteiger partial charge in [0.15, 0.2) is 0 Å². The van der Waals surface area contributed by atoms with Crippen molar-refractivity contribution in [3.05, 3.63) is 59.4 Å². The maximum atomic E-state index is 13.2. The molecule has 1 aliphatic rings. The Kier molecular flexibility index (Phi) is 7.03. The molecular weight excluding hydrogens is 405 g/mol. The third-order valence-electron chi connectivity index (χ3n) is 4.64. The molecule has 0 bridgehead atoms. The molecule has 0 aliphatic carbocycles. The number of piperidine rings is 1. The Bertz CT molecular complexity index is 943. The van der Waals surface area contributed by atoms with E-state index in [1.807, 2.05) is 0 Å². The van der Waals surface area contributed by atoms with Crippen molar-refractivity contribution in [3.63, 3.8) is 0 Å². The number of benzene rings is 2. The molecule has 2 aromatic rings. The number of hydrogen-bond donors (Lipinski definition) is 2. The van der Waals surface area contributed by atoms with Crippen molar-refractivity contribution < 1.29 is 17.6 Å². The van der Waals surface area contributed by atoms with E-state index in [9.17, 15) is 17.6 Å². The van der Waals surface area contributed by atoms with Crippen molar-refractivity contribution in [2.24, 2.45) is 5.73 Å². The number of carbonyl (C=O) groups is 1. The first-order valence-electron chi connectivity index (χ1n) is 8.70. The second kappa shape index (κ2) is 8.89. The van der Waals surface area contributed by atoms with Gasteiger partial charge in [-0.25, -0.2) is 12.8 Å². The predicted octanol–water partition coefficient (Wildman–Crippen LogP) is 2.92. The van der Waals surface area contributed by atoms with Gasteiger partial charge in [0.25, 0.3) is 15.9 Å². The molecule has 3 N–H and O–H groups in total. The van der Waals surface area contributed by atoms with Crippen molar-refractivity contribution in [3.8, 4) is 0 Å². The summed E-state index contributed by atoms with van der Waals surface area (Å²) >= 11 is 0. The Morgan fingerprint density at radius 3 is 2.32 bits per heavy atom. The first-order chi connectivity index (χ1) is 12.8. The molecule has 2 aromatic carbocycles. The van der Waals surface area contributed by atoms with Gasteiger partial charge in [-0.1, -0.05) is 0 Å². The smallest absolute Gasteiger partial charge is 0.262 e. The van der Waals surface area contributed by atoms with Gasteiger partial charge < -0.3 is 10.6 Å². The number of sulfonamides is 1. The standard InChI is InChI=1S/C19H22FN3O3S.ClH/c1-13-12-15(20)4-7-18(13)27(25,26)22-17-5-2-14(3-6-17)19(24)23-10-8-16(21)9-11-23;/h2-7,12,16,22H,8-11,21H2,1H3;1H. The lowest BCUT2D eigenvalue weighted by atomic mass is 10.0. The highest BCUT2D eigenvalue weighted by molar-refractivity contribution is 7.92. The number of hydrogen-bond acceptors (Lipinski definition) is 4. The Morgan fingerprint density at radius 1 is 1.14 bits per heavy atom. The molecule has 0 radical (unpaired) electrons. The van der Waals surface area contributed by atoms with Crippen LogP contribution in [0.25, 0.3) is 0 Å². The van der Waals surface area contributed by atoms with Crippen LogP contribution in [0.4, 0.5) is 10.1 Å². The first kappa shape index (κ1) is 22.1. The lowest BCUT2D eigenvalue weighted by Gasteiger charge is -2.30. The van der Waals surface area contributed by atoms with Crippen LogP contribution in [0.5, 0.6) is 0 Å². The van der Waals surface area contributed by atoms with Crippen LogP contribution >= 0.6 is 12.4 Å². The van der Waals surface area contributed by atoms with Crippen LogP contribution in [0.3, 0.4) is 0 Å². The quantitative estimate of drug-likeness (QED) is 0.784. The summed E-state index contributed by atoms with van der Waals surface area (Å²) in [4.78, 5) is 14.3. The monoisotopic (exact) mass is 427 g/mol. The van der Waals surface area contributed by atoms with Crippen LogP contribution in [0, 0.1) is 12.7 Å². The molecule has 0 spiro atoms. The minimum absolute atomic E-state index is 0. The van der Waals surface area contributed by atoms with E-state index < -0.39 is 15.8 Å². The molecule has 3 rings (SSSR count). The Hall–Kier alpha value is -2.16. The molecule has 1 saturated heterocycles. The third-order valence-corrected chi connectivity index (χ3v) is 6.18. The molecule has 1 amide bonds. The van der Waals surface area contributed by atoms with Gasteiger partial charge in [0.1, 0.15) is 5.82 Å². The number of amides is 1. The van der Waals surface area contributed by atoms with E-state index >= 15 is 0 Å². The molecule has 0 saturated carbocycles. The SMILES string of the molecule is Cc1cc(F)ccc1S(=O)(=O)Nc1ccc(C(=O)N2CCC(N)CC2)cc1.Cl. The Morgan fingerprint density at radius 2 is 1.75 bits per heavy atom. The largest absolute Gasteiger partial charge is 0.339 e. The van der Waals surface area contributed by atoms with Crippen molar-refractivity contribution in [2.45, 2.75) is 30.7 Å². The van der Waals surface area contributed by atoms with Gasteiger partial charge in [0, 0.05) is 30.4 Å². The molecule has 1 heterocycles. The highest BCUT2D eigenvalue weighted by Gasteiger charge is 2.22. The number of aryl methyl sites for hydroxylation is 1. The Balaban J connectivity index is 0.00000280. The predicted molar refractivity (Wildman–Crippen MR) is 109 cm³/mol. The van der Waals surface area contributed by atoms with Crippen molar-refractivity contribution >= 4 is 34.0 Å². The van der Waals surface area contributed by atoms with E-state index in [4.69, 9.17) is 5.73 Å². The van der Waals surface area contributed by atoms with E-state index in [2.05, 4.69) is 4.72 Å². The number of nitrogens with two attached hydrogens (primary N) is 1. The average Bonchev–Trinajstić information content (AvgIpc) is 2.62. The summed E-state index contributed by atoms with van der Waals surface area (Å²) in [7, 11) is -3.85. The van der Waals surface area contributed by atoms with Crippen LogP contribution in [-0.4, -0.2) is 38.4 Å². The van der Waals surface area contributed by atoms with Gasteiger partial charge in [-0.15, -0.1) is 12.4 Å². The van der Waals surface area contributed by atoms with Gasteiger partial charge in [0.05, 0.1) is 4.90 Å². The van der Waals surface area contributed by atoms with E-state index in [1.165, 1.54) is 19.1 Å². The highest BCUT2D eigenvalue weighted by atomic mass is 35.5. The number of carbonyl (C=O) groups excluding carboxylic acids is 1. The lowest BCUT2D eigenvalue weighted by Crippen LogP contribution is -2.42. The molecule has 152 valence electrons. The van der Waals surface area contributed by atoms with Gasteiger partial charge in [-0.05, 0) is 67.8 Å². The number of halogens is 2. The fourth-order valence-electron chi connectivity index (χ4n) is 3.09. The molecule has 1 aliphatic heterocycles. The Labute approximate surface area is 170 Å². The van der Waals surface area contributed by atoms with Crippen LogP contribution in [0.1, 0.15) is 28.8 Å². The maximum absolute atomic E-state index is 13.2. The van der Waals surface area contributed by atoms with Crippen molar-refractivity contribution in [1.29, 1.82) is 0 Å². The van der Waals surface area contributed by atoms with Crippen molar-refractivity contribution in [1.82, 2.24) is 4.90 Å².